The summed E-state index contributed by atoms with van der Waals surface area (Å²) in [5.41, 5.74) is -0.113. The number of methoxy groups -OCH3 is 1. The maximum absolute atomic E-state index is 12.2. The van der Waals surface area contributed by atoms with Gasteiger partial charge in [-0.3, -0.25) is 4.79 Å². The summed E-state index contributed by atoms with van der Waals surface area (Å²) in [5, 5.41) is 24.1. The van der Waals surface area contributed by atoms with E-state index < -0.39 is 11.8 Å². The van der Waals surface area contributed by atoms with Crippen LogP contribution < -0.4 is 9.46 Å². The topological polar surface area (TPSA) is 97.2 Å². The predicted octanol–water partition coefficient (Wildman–Crippen LogP) is 0.252. The fourth-order valence-corrected chi connectivity index (χ4v) is 1.86. The van der Waals surface area contributed by atoms with Gasteiger partial charge in [-0.25, -0.2) is 4.79 Å². The quantitative estimate of drug-likeness (QED) is 0.201. The van der Waals surface area contributed by atoms with Crippen molar-refractivity contribution in [2.75, 3.05) is 7.11 Å². The number of ketones is 1. The highest BCUT2D eigenvalue weighted by Crippen LogP contribution is 2.09. The van der Waals surface area contributed by atoms with Crippen LogP contribution in [0.15, 0.2) is 36.0 Å². The number of para-hydroxylation sites is 2. The molecule has 0 aliphatic heterocycles. The van der Waals surface area contributed by atoms with Crippen LogP contribution >= 0.6 is 0 Å². The van der Waals surface area contributed by atoms with Gasteiger partial charge in [-0.1, -0.05) is 12.1 Å². The van der Waals surface area contributed by atoms with Crippen LogP contribution in [0.4, 0.5) is 0 Å². The SMILES string of the molecule is COC(=O)C(=Cc1c[n+]([O-])c2ccccc2[n+]1[O-])C(C)=O. The van der Waals surface area contributed by atoms with Crippen LogP contribution in [-0.2, 0) is 14.3 Å². The molecule has 0 fully saturated rings. The van der Waals surface area contributed by atoms with Crippen LogP contribution in [0, 0.1) is 10.4 Å². The Labute approximate surface area is 119 Å². The first-order valence-corrected chi connectivity index (χ1v) is 6.01. The number of carbonyl (C=O) groups is 2. The van der Waals surface area contributed by atoms with Gasteiger partial charge in [0.05, 0.1) is 7.11 Å². The second-order valence-corrected chi connectivity index (χ2v) is 4.27. The number of nitrogens with zero attached hydrogens (tertiary/aromatic N) is 2. The number of ether oxygens (including phenoxy) is 1. The molecular formula is C14H12N2O5. The zero-order valence-corrected chi connectivity index (χ0v) is 11.4. The molecule has 1 heterocycles. The fourth-order valence-electron chi connectivity index (χ4n) is 1.86. The number of aromatic nitrogens is 2. The summed E-state index contributed by atoms with van der Waals surface area (Å²) in [6.45, 7) is 1.17. The van der Waals surface area contributed by atoms with Crippen LogP contribution in [0.1, 0.15) is 12.6 Å². The number of benzene rings is 1. The molecule has 0 bridgehead atoms. The van der Waals surface area contributed by atoms with Gasteiger partial charge in [0.25, 0.3) is 22.9 Å². The molecule has 0 unspecified atom stereocenters. The first kappa shape index (κ1) is 14.4. The summed E-state index contributed by atoms with van der Waals surface area (Å²) in [4.78, 5) is 23.0. The minimum atomic E-state index is -0.867. The molecular weight excluding hydrogens is 276 g/mol. The van der Waals surface area contributed by atoms with Crippen LogP contribution in [0.25, 0.3) is 17.1 Å². The lowest BCUT2D eigenvalue weighted by Gasteiger charge is -2.06. The molecule has 2 aromatic rings. The summed E-state index contributed by atoms with van der Waals surface area (Å²) >= 11 is 0. The van der Waals surface area contributed by atoms with Gasteiger partial charge in [-0.05, 0) is 6.92 Å². The molecule has 7 heteroatoms. The molecule has 0 N–H and O–H groups in total. The number of carbonyl (C=O) groups excluding carboxylic acids is 2. The molecule has 21 heavy (non-hydrogen) atoms. The number of Topliss-reactive ketones (excluding diaryl/α,β-unsaturated/α-hetero) is 1. The molecule has 0 atom stereocenters. The van der Waals surface area contributed by atoms with Crippen molar-refractivity contribution < 1.29 is 23.8 Å². The van der Waals surface area contributed by atoms with Gasteiger partial charge < -0.3 is 15.2 Å². The smallest absolute Gasteiger partial charge is 0.341 e. The molecule has 0 saturated heterocycles. The normalized spacial score (nSPS) is 11.4. The standard InChI is InChI=1S/C14H12N2O5/c1-9(17)11(14(18)21-2)7-10-8-15(19)12-5-3-4-6-13(12)16(10)20/h3-8H,1-2H3. The van der Waals surface area contributed by atoms with Crippen molar-refractivity contribution in [1.82, 2.24) is 0 Å². The van der Waals surface area contributed by atoms with Gasteiger partial charge in [0.2, 0.25) is 0 Å². The van der Waals surface area contributed by atoms with Crippen molar-refractivity contribution in [2.45, 2.75) is 6.92 Å². The molecule has 2 rings (SSSR count). The minimum Gasteiger partial charge on any atom is -0.618 e. The maximum Gasteiger partial charge on any atom is 0.341 e. The van der Waals surface area contributed by atoms with E-state index in [1.54, 1.807) is 12.1 Å². The molecule has 0 radical (unpaired) electrons. The van der Waals surface area contributed by atoms with Gasteiger partial charge in [0.1, 0.15) is 5.57 Å². The van der Waals surface area contributed by atoms with Crippen molar-refractivity contribution in [2.24, 2.45) is 0 Å². The number of hydrogen-bond donors (Lipinski definition) is 0. The van der Waals surface area contributed by atoms with Crippen molar-refractivity contribution in [3.05, 3.63) is 52.1 Å². The zero-order valence-electron chi connectivity index (χ0n) is 11.4. The molecule has 1 aromatic heterocycles. The number of esters is 1. The molecule has 0 aliphatic carbocycles. The van der Waals surface area contributed by atoms with Crippen molar-refractivity contribution in [3.8, 4) is 0 Å². The first-order valence-electron chi connectivity index (χ1n) is 6.01. The van der Waals surface area contributed by atoms with Crippen molar-refractivity contribution in [3.63, 3.8) is 0 Å². The van der Waals surface area contributed by atoms with Gasteiger partial charge in [-0.2, -0.15) is 9.46 Å². The van der Waals surface area contributed by atoms with Crippen LogP contribution in [0.3, 0.4) is 0 Å². The minimum absolute atomic E-state index is 0.126. The molecule has 0 aliphatic rings. The monoisotopic (exact) mass is 288 g/mol. The number of hydrogen-bond acceptors (Lipinski definition) is 5. The summed E-state index contributed by atoms with van der Waals surface area (Å²) in [5.74, 6) is -1.43. The Bertz CT molecular complexity index is 767. The van der Waals surface area contributed by atoms with Crippen molar-refractivity contribution >= 4 is 28.9 Å². The Morgan fingerprint density at radius 1 is 1.19 bits per heavy atom. The van der Waals surface area contributed by atoms with Gasteiger partial charge in [-0.15, -0.1) is 0 Å². The Morgan fingerprint density at radius 3 is 2.38 bits per heavy atom. The second-order valence-electron chi connectivity index (χ2n) is 4.27. The third-order valence-corrected chi connectivity index (χ3v) is 2.90. The third kappa shape index (κ3) is 2.66. The lowest BCUT2D eigenvalue weighted by atomic mass is 10.1. The Balaban J connectivity index is 2.69. The van der Waals surface area contributed by atoms with Gasteiger partial charge in [0, 0.05) is 18.2 Å². The number of fused-ring (bicyclic) bond motifs is 1. The highest BCUT2D eigenvalue weighted by molar-refractivity contribution is 6.19. The van der Waals surface area contributed by atoms with Crippen LogP contribution in [0.5, 0.6) is 0 Å². The van der Waals surface area contributed by atoms with E-state index in [0.717, 1.165) is 19.4 Å². The van der Waals surface area contributed by atoms with Gasteiger partial charge in [0.15, 0.2) is 5.78 Å². The van der Waals surface area contributed by atoms with E-state index in [4.69, 9.17) is 0 Å². The predicted molar refractivity (Wildman–Crippen MR) is 72.5 cm³/mol. The Kier molecular flexibility index (Phi) is 3.84. The maximum atomic E-state index is 12.2. The zero-order chi connectivity index (χ0) is 15.6. The van der Waals surface area contributed by atoms with E-state index >= 15 is 0 Å². The molecule has 0 spiro atoms. The highest BCUT2D eigenvalue weighted by Gasteiger charge is 2.22. The van der Waals surface area contributed by atoms with Crippen molar-refractivity contribution in [1.29, 1.82) is 0 Å². The Morgan fingerprint density at radius 2 is 1.81 bits per heavy atom. The van der Waals surface area contributed by atoms with E-state index in [0.29, 0.717) is 9.46 Å². The summed E-state index contributed by atoms with van der Waals surface area (Å²) < 4.78 is 5.47. The molecule has 108 valence electrons. The second kappa shape index (κ2) is 5.58. The molecule has 0 amide bonds. The molecule has 0 saturated carbocycles. The van der Waals surface area contributed by atoms with E-state index in [-0.39, 0.29) is 22.3 Å². The summed E-state index contributed by atoms with van der Waals surface area (Å²) in [6, 6.07) is 6.20. The highest BCUT2D eigenvalue weighted by atomic mass is 16.5. The van der Waals surface area contributed by atoms with Gasteiger partial charge >= 0.3 is 5.97 Å². The van der Waals surface area contributed by atoms with E-state index in [1.807, 2.05) is 0 Å². The van der Waals surface area contributed by atoms with E-state index in [1.165, 1.54) is 19.1 Å². The Hall–Kier alpha value is -2.96. The van der Waals surface area contributed by atoms with E-state index in [2.05, 4.69) is 4.74 Å². The fraction of sp³-hybridized carbons (Fsp3) is 0.143. The molecule has 7 nitrogen and oxygen atoms in total. The van der Waals surface area contributed by atoms with Crippen LogP contribution in [-0.4, -0.2) is 18.9 Å². The lowest BCUT2D eigenvalue weighted by Crippen LogP contribution is -2.40. The first-order chi connectivity index (χ1) is 9.95. The third-order valence-electron chi connectivity index (χ3n) is 2.90. The molecule has 1 aromatic carbocycles. The average Bonchev–Trinajstić information content (AvgIpc) is 2.48. The van der Waals surface area contributed by atoms with Crippen LogP contribution in [0.2, 0.25) is 0 Å². The summed E-state index contributed by atoms with van der Waals surface area (Å²) in [7, 11) is 1.12. The number of rotatable bonds is 3. The summed E-state index contributed by atoms with van der Waals surface area (Å²) in [6.07, 6.45) is 2.04. The average molecular weight is 288 g/mol. The lowest BCUT2D eigenvalue weighted by molar-refractivity contribution is -0.630. The largest absolute Gasteiger partial charge is 0.618 e. The van der Waals surface area contributed by atoms with E-state index in [9.17, 15) is 20.0 Å².